The van der Waals surface area contributed by atoms with Crippen molar-refractivity contribution >= 4 is 70.2 Å². The maximum atomic E-state index is 12.7. The van der Waals surface area contributed by atoms with Crippen LogP contribution in [0, 0.1) is 0 Å². The first-order valence-electron chi connectivity index (χ1n) is 36.0. The zero-order valence-corrected chi connectivity index (χ0v) is 64.2. The molecule has 0 saturated carbocycles. The van der Waals surface area contributed by atoms with Gasteiger partial charge in [0.2, 0.25) is 0 Å². The molecular formula is C86H102O27. The molecule has 0 spiro atoms. The second-order valence-electron chi connectivity index (χ2n) is 28.0. The molecule has 113 heavy (non-hydrogen) atoms. The third-order valence-electron chi connectivity index (χ3n) is 17.3. The number of esters is 2. The molecule has 4 saturated heterocycles. The van der Waals surface area contributed by atoms with Crippen molar-refractivity contribution in [3.8, 4) is 0 Å². The summed E-state index contributed by atoms with van der Waals surface area (Å²) in [6.07, 6.45) is -2.94. The lowest BCUT2D eigenvalue weighted by atomic mass is 9.97. The Labute approximate surface area is 656 Å². The van der Waals surface area contributed by atoms with Crippen LogP contribution in [0.4, 0.5) is 0 Å². The average molecular weight is 1570 g/mol. The Kier molecular flexibility index (Phi) is 35.7. The van der Waals surface area contributed by atoms with Crippen LogP contribution in [-0.4, -0.2) is 241 Å². The van der Waals surface area contributed by atoms with E-state index in [0.29, 0.717) is 52.2 Å². The van der Waals surface area contributed by atoms with Crippen molar-refractivity contribution < 1.29 is 132 Å². The van der Waals surface area contributed by atoms with Gasteiger partial charge in [-0.3, -0.25) is 14.4 Å². The lowest BCUT2D eigenvalue weighted by molar-refractivity contribution is -0.175. The number of hydrogen-bond acceptors (Lipinski definition) is 26. The fraction of sp³-hybridized carbons (Fsp3) is 0.372. The molecular weight excluding hydrogens is 1460 g/mol. The molecule has 0 bridgehead atoms. The van der Waals surface area contributed by atoms with E-state index < -0.39 is 116 Å². The Morgan fingerprint density at radius 1 is 0.398 bits per heavy atom. The van der Waals surface area contributed by atoms with E-state index in [4.69, 9.17) is 83.1 Å². The Hall–Kier alpha value is -9.54. The van der Waals surface area contributed by atoms with Crippen LogP contribution < -0.4 is 0 Å². The average Bonchev–Trinajstić information content (AvgIpc) is 1.61. The molecule has 12 atom stereocenters. The van der Waals surface area contributed by atoms with Gasteiger partial charge < -0.3 is 104 Å². The van der Waals surface area contributed by atoms with Crippen LogP contribution in [0.5, 0.6) is 0 Å². The molecule has 10 rings (SSSR count). The van der Waals surface area contributed by atoms with Gasteiger partial charge in [0.25, 0.3) is 0 Å². The number of hydrogen-bond donors (Lipinski definition) is 11. The Morgan fingerprint density at radius 2 is 0.708 bits per heavy atom. The van der Waals surface area contributed by atoms with Crippen LogP contribution in [0.25, 0.3) is 34.9 Å². The topological polar surface area (TPSA) is 417 Å². The molecule has 11 N–H and O–H groups in total. The van der Waals surface area contributed by atoms with Crippen LogP contribution in [0.15, 0.2) is 202 Å². The summed E-state index contributed by atoms with van der Waals surface area (Å²) in [4.78, 5) is 72.1. The smallest absolute Gasteiger partial charge is 0.330 e. The highest BCUT2D eigenvalue weighted by Gasteiger charge is 2.51. The second kappa shape index (κ2) is 43.6. The SMILES string of the molecule is C=C(C(=O)c1ccc(/C=C/C(=O)O)cc1)c1ccccc1.C=C(C(=O)c1ccc(/C=C/C(=O)OC[C@@H](O)[C@H](O)[C@@H](O)CO)cc1)c1ccccc1.C=C(C(=O)c1ccc(/C=C/C(=O)OC[C@H]2OC(C)(C)O[C@@H]2[C@@H]2COC(C)(C)O2)cc1)c1ccccc1.CC1(C)OC[C@@H]([C@H]2OC(C)(C)O[C@@H]2CO)O1.OC[C@@H](O)C(O)[C@@H](O)CO. The zero-order valence-electron chi connectivity index (χ0n) is 64.2. The number of aliphatic carboxylic acids is 1. The van der Waals surface area contributed by atoms with Crippen LogP contribution >= 0.6 is 0 Å². The molecule has 4 aliphatic heterocycles. The summed E-state index contributed by atoms with van der Waals surface area (Å²) in [5.74, 6) is -5.54. The quantitative estimate of drug-likeness (QED) is 0.0124. The molecule has 0 aliphatic carbocycles. The van der Waals surface area contributed by atoms with Gasteiger partial charge in [-0.1, -0.05) is 184 Å². The lowest BCUT2D eigenvalue weighted by Crippen LogP contribution is -2.42. The Morgan fingerprint density at radius 3 is 1.02 bits per heavy atom. The number of benzene rings is 6. The predicted octanol–water partition coefficient (Wildman–Crippen LogP) is 7.41. The van der Waals surface area contributed by atoms with E-state index in [1.165, 1.54) is 18.2 Å². The van der Waals surface area contributed by atoms with Crippen LogP contribution in [0.2, 0.25) is 0 Å². The van der Waals surface area contributed by atoms with Crippen molar-refractivity contribution in [3.05, 3.63) is 252 Å². The summed E-state index contributed by atoms with van der Waals surface area (Å²) in [5, 5.41) is 97.4. The minimum Gasteiger partial charge on any atom is -0.478 e. The number of Topliss-reactive ketones (excluding diaryl/α,β-unsaturated/α-hetero) is 3. The third kappa shape index (κ3) is 29.4. The summed E-state index contributed by atoms with van der Waals surface area (Å²) in [6.45, 7) is 24.5. The predicted molar refractivity (Wildman–Crippen MR) is 417 cm³/mol. The van der Waals surface area contributed by atoms with E-state index in [1.807, 2.05) is 146 Å². The molecule has 608 valence electrons. The van der Waals surface area contributed by atoms with Gasteiger partial charge in [0.1, 0.15) is 86.5 Å². The van der Waals surface area contributed by atoms with Gasteiger partial charge in [-0.2, -0.15) is 0 Å². The largest absolute Gasteiger partial charge is 0.478 e. The summed E-state index contributed by atoms with van der Waals surface area (Å²) < 4.78 is 56.3. The Bertz CT molecular complexity index is 4160. The van der Waals surface area contributed by atoms with E-state index in [9.17, 15) is 49.2 Å². The first-order valence-corrected chi connectivity index (χ1v) is 36.0. The molecule has 1 unspecified atom stereocenters. The van der Waals surface area contributed by atoms with Crippen molar-refractivity contribution in [2.75, 3.05) is 52.9 Å². The normalized spacial score (nSPS) is 21.2. The number of rotatable bonds is 29. The highest BCUT2D eigenvalue weighted by Crippen LogP contribution is 2.37. The second-order valence-corrected chi connectivity index (χ2v) is 28.0. The van der Waals surface area contributed by atoms with Gasteiger partial charge in [-0.05, 0) is 107 Å². The molecule has 27 nitrogen and oxygen atoms in total. The van der Waals surface area contributed by atoms with Gasteiger partial charge >= 0.3 is 17.9 Å². The van der Waals surface area contributed by atoms with E-state index in [-0.39, 0.29) is 55.0 Å². The maximum absolute atomic E-state index is 12.7. The van der Waals surface area contributed by atoms with Gasteiger partial charge in [0.15, 0.2) is 40.5 Å². The van der Waals surface area contributed by atoms with Gasteiger partial charge in [-0.25, -0.2) is 14.4 Å². The van der Waals surface area contributed by atoms with Crippen molar-refractivity contribution in [3.63, 3.8) is 0 Å². The number of ketones is 3. The fourth-order valence-corrected chi connectivity index (χ4v) is 11.3. The molecule has 4 aliphatic rings. The first-order chi connectivity index (χ1) is 53.4. The van der Waals surface area contributed by atoms with Crippen molar-refractivity contribution in [1.82, 2.24) is 0 Å². The molecule has 4 heterocycles. The van der Waals surface area contributed by atoms with Gasteiger partial charge in [0.05, 0.1) is 39.6 Å². The highest BCUT2D eigenvalue weighted by atomic mass is 16.8. The zero-order chi connectivity index (χ0) is 83.4. The maximum Gasteiger partial charge on any atom is 0.330 e. The molecule has 6 aromatic rings. The monoisotopic (exact) mass is 1570 g/mol. The van der Waals surface area contributed by atoms with Gasteiger partial charge in [-0.15, -0.1) is 0 Å². The van der Waals surface area contributed by atoms with E-state index in [0.717, 1.165) is 40.0 Å². The number of carboxylic acids is 1. The van der Waals surface area contributed by atoms with Crippen LogP contribution in [-0.2, 0) is 61.8 Å². The van der Waals surface area contributed by atoms with Crippen LogP contribution in [0.3, 0.4) is 0 Å². The number of carbonyl (C=O) groups excluding carboxylic acids is 5. The standard InChI is InChI=1S/C29H32O7.C23H24O7.C18H14O3.C11H20O5.C5H12O5/c1-19(21-9-7-6-8-10-21)26(31)22-14-11-20(12-15-22)13-16-25(30)32-17-23-27(36-29(4,5)35-23)24-18-33-28(2,3)34-24;1-15(17-5-3-2-4-6-17)22(28)18-10-7-16(8-11-18)9-12-21(27)30-14-20(26)23(29)19(25)13-24;1-13(15-5-3-2-4-6-15)18(21)16-10-7-14(8-11-16)9-12-17(19)20;1-10(2)13-6-8(15-10)9-7(5-12)14-11(3,4)16-9;6-1-3(8)5(10)4(9)2-7/h6-16,23-24,27H,1,17-18H2,2-5H3;2-12,19-20,23-26,29H,1,13-14H2;2-12H,1H2,(H,19,20);7-9,12H,5-6H2,1-4H3;3-10H,1-2H2/b16-13+;2*12-9+;;/t23-,24+,27+;19-,20+,23+;;7-,8+,9+;3-,4+,5?/m10.1./s1. The molecule has 0 amide bonds. The molecule has 27 heteroatoms. The molecule has 0 aromatic heterocycles. The minimum atomic E-state index is -1.64. The first kappa shape index (κ1) is 92.3. The number of ether oxygens (including phenoxy) is 10. The number of carboxylic acid groups (broad SMARTS) is 1. The summed E-state index contributed by atoms with van der Waals surface area (Å²) in [6, 6.07) is 48.0. The number of allylic oxidation sites excluding steroid dienone is 3. The summed E-state index contributed by atoms with van der Waals surface area (Å²) >= 11 is 0. The van der Waals surface area contributed by atoms with Crippen molar-refractivity contribution in [1.29, 1.82) is 0 Å². The van der Waals surface area contributed by atoms with Crippen LogP contribution in [0.1, 0.15) is 120 Å². The van der Waals surface area contributed by atoms with E-state index in [1.54, 1.807) is 78.9 Å². The van der Waals surface area contributed by atoms with Crippen molar-refractivity contribution in [2.24, 2.45) is 0 Å². The number of aliphatic hydroxyl groups excluding tert-OH is 10. The molecule has 4 fully saturated rings. The minimum absolute atomic E-state index is 0.0204. The third-order valence-corrected chi connectivity index (χ3v) is 17.3. The van der Waals surface area contributed by atoms with Crippen molar-refractivity contribution in [2.45, 2.75) is 152 Å². The highest BCUT2D eigenvalue weighted by molar-refractivity contribution is 6.29. The Balaban J connectivity index is 0.000000233. The van der Waals surface area contributed by atoms with E-state index >= 15 is 0 Å². The number of carbonyl (C=O) groups is 6. The fourth-order valence-electron chi connectivity index (χ4n) is 11.3. The van der Waals surface area contributed by atoms with Gasteiger partial charge in [0, 0.05) is 51.6 Å². The lowest BCUT2D eigenvalue weighted by Gasteiger charge is -2.23. The van der Waals surface area contributed by atoms with E-state index in [2.05, 4.69) is 19.7 Å². The summed E-state index contributed by atoms with van der Waals surface area (Å²) in [7, 11) is 0. The molecule has 0 radical (unpaired) electrons. The number of aliphatic hydroxyl groups is 10. The molecule has 6 aromatic carbocycles. The summed E-state index contributed by atoms with van der Waals surface area (Å²) in [5.41, 5.74) is 7.20.